The third-order valence-corrected chi connectivity index (χ3v) is 2.56. The van der Waals surface area contributed by atoms with Crippen molar-refractivity contribution in [3.63, 3.8) is 0 Å². The molecule has 0 radical (unpaired) electrons. The van der Waals surface area contributed by atoms with Crippen LogP contribution in [0.4, 0.5) is 0 Å². The van der Waals surface area contributed by atoms with E-state index in [9.17, 15) is 0 Å². The lowest BCUT2D eigenvalue weighted by Gasteiger charge is -2.17. The van der Waals surface area contributed by atoms with E-state index in [2.05, 4.69) is 0 Å². The van der Waals surface area contributed by atoms with E-state index >= 15 is 0 Å². The van der Waals surface area contributed by atoms with Crippen molar-refractivity contribution < 1.29 is 9.47 Å². The third-order valence-electron chi connectivity index (χ3n) is 2.13. The molecule has 100 valence electrons. The molecular formula is C13H17Cl2NO2. The second-order valence-electron chi connectivity index (χ2n) is 3.59. The standard InChI is InChI=1S/C13H17Cl2NO2/c1-3-17-13(18-4-2)12(16)7-9-5-10(14)8-11(15)6-9/h5-8,13H,3-4,16H2,1-2H3. The first-order valence-corrected chi connectivity index (χ1v) is 6.48. The molecule has 18 heavy (non-hydrogen) atoms. The average molecular weight is 290 g/mol. The molecule has 1 aromatic rings. The Bertz CT molecular complexity index is 395. The third kappa shape index (κ3) is 4.86. The van der Waals surface area contributed by atoms with E-state index in [-0.39, 0.29) is 0 Å². The van der Waals surface area contributed by atoms with Crippen molar-refractivity contribution in [3.05, 3.63) is 39.5 Å². The van der Waals surface area contributed by atoms with Gasteiger partial charge in [0, 0.05) is 23.3 Å². The van der Waals surface area contributed by atoms with Crippen molar-refractivity contribution in [2.75, 3.05) is 13.2 Å². The van der Waals surface area contributed by atoms with Crippen LogP contribution in [0.1, 0.15) is 19.4 Å². The Hall–Kier alpha value is -0.740. The predicted octanol–water partition coefficient (Wildman–Crippen LogP) is 3.69. The number of hydrogen-bond acceptors (Lipinski definition) is 3. The maximum absolute atomic E-state index is 5.95. The number of nitrogens with two attached hydrogens (primary N) is 1. The van der Waals surface area contributed by atoms with Crippen LogP contribution < -0.4 is 5.73 Å². The lowest BCUT2D eigenvalue weighted by atomic mass is 10.2. The quantitative estimate of drug-likeness (QED) is 0.813. The minimum Gasteiger partial charge on any atom is -0.398 e. The van der Waals surface area contributed by atoms with Gasteiger partial charge in [0.2, 0.25) is 0 Å². The number of ether oxygens (including phenoxy) is 2. The summed E-state index contributed by atoms with van der Waals surface area (Å²) in [7, 11) is 0. The maximum Gasteiger partial charge on any atom is 0.198 e. The van der Waals surface area contributed by atoms with Gasteiger partial charge in [-0.3, -0.25) is 0 Å². The summed E-state index contributed by atoms with van der Waals surface area (Å²) < 4.78 is 10.8. The van der Waals surface area contributed by atoms with Crippen molar-refractivity contribution in [1.29, 1.82) is 0 Å². The monoisotopic (exact) mass is 289 g/mol. The number of benzene rings is 1. The average Bonchev–Trinajstić information content (AvgIpc) is 2.27. The van der Waals surface area contributed by atoms with Crippen molar-refractivity contribution in [2.24, 2.45) is 5.73 Å². The Kier molecular flexibility index (Phi) is 6.50. The molecule has 1 rings (SSSR count). The fraction of sp³-hybridized carbons (Fsp3) is 0.385. The summed E-state index contributed by atoms with van der Waals surface area (Å²) in [5.74, 6) is 0. The van der Waals surface area contributed by atoms with Crippen LogP contribution in [0, 0.1) is 0 Å². The molecule has 0 aliphatic heterocycles. The van der Waals surface area contributed by atoms with Gasteiger partial charge in [0.05, 0.1) is 5.70 Å². The molecular weight excluding hydrogens is 273 g/mol. The Morgan fingerprint density at radius 3 is 2.11 bits per heavy atom. The normalized spacial score (nSPS) is 12.2. The summed E-state index contributed by atoms with van der Waals surface area (Å²) in [6.07, 6.45) is 1.20. The second-order valence-corrected chi connectivity index (χ2v) is 4.46. The van der Waals surface area contributed by atoms with Crippen LogP contribution in [0.25, 0.3) is 6.08 Å². The molecule has 0 saturated carbocycles. The van der Waals surface area contributed by atoms with E-state index in [0.29, 0.717) is 29.0 Å². The highest BCUT2D eigenvalue weighted by Crippen LogP contribution is 2.21. The van der Waals surface area contributed by atoms with Crippen molar-refractivity contribution in [1.82, 2.24) is 0 Å². The van der Waals surface area contributed by atoms with Crippen molar-refractivity contribution >= 4 is 29.3 Å². The molecule has 0 aliphatic carbocycles. The topological polar surface area (TPSA) is 44.5 Å². The molecule has 1 aromatic carbocycles. The highest BCUT2D eigenvalue weighted by Gasteiger charge is 2.11. The van der Waals surface area contributed by atoms with Crippen molar-refractivity contribution in [2.45, 2.75) is 20.1 Å². The zero-order chi connectivity index (χ0) is 13.5. The summed E-state index contributed by atoms with van der Waals surface area (Å²) in [6, 6.07) is 5.21. The largest absolute Gasteiger partial charge is 0.398 e. The lowest BCUT2D eigenvalue weighted by Crippen LogP contribution is -2.24. The van der Waals surface area contributed by atoms with Crippen LogP contribution in [-0.2, 0) is 9.47 Å². The van der Waals surface area contributed by atoms with Gasteiger partial charge in [0.25, 0.3) is 0 Å². The zero-order valence-corrected chi connectivity index (χ0v) is 12.0. The Morgan fingerprint density at radius 2 is 1.67 bits per heavy atom. The minimum atomic E-state index is -0.544. The first kappa shape index (κ1) is 15.3. The summed E-state index contributed by atoms with van der Waals surface area (Å²) in [5.41, 5.74) is 7.24. The first-order valence-electron chi connectivity index (χ1n) is 5.73. The zero-order valence-electron chi connectivity index (χ0n) is 10.5. The van der Waals surface area contributed by atoms with Crippen LogP contribution in [0.3, 0.4) is 0 Å². The van der Waals surface area contributed by atoms with Gasteiger partial charge in [-0.2, -0.15) is 0 Å². The minimum absolute atomic E-state index is 0.483. The SMILES string of the molecule is CCOC(OCC)C(N)=Cc1cc(Cl)cc(Cl)c1. The van der Waals surface area contributed by atoms with E-state index in [1.165, 1.54) is 0 Å². The van der Waals surface area contributed by atoms with E-state index in [1.54, 1.807) is 24.3 Å². The van der Waals surface area contributed by atoms with E-state index in [4.69, 9.17) is 38.4 Å². The predicted molar refractivity (Wildman–Crippen MR) is 75.7 cm³/mol. The number of halogens is 2. The maximum atomic E-state index is 5.95. The molecule has 0 heterocycles. The summed E-state index contributed by atoms with van der Waals surface area (Å²) in [6.45, 7) is 4.82. The van der Waals surface area contributed by atoms with Crippen LogP contribution in [0.2, 0.25) is 10.0 Å². The number of hydrogen-bond donors (Lipinski definition) is 1. The van der Waals surface area contributed by atoms with Gasteiger partial charge < -0.3 is 15.2 Å². The van der Waals surface area contributed by atoms with Gasteiger partial charge in [-0.05, 0) is 43.7 Å². The molecule has 3 nitrogen and oxygen atoms in total. The van der Waals surface area contributed by atoms with Crippen LogP contribution in [0.5, 0.6) is 0 Å². The summed E-state index contributed by atoms with van der Waals surface area (Å²) >= 11 is 11.8. The van der Waals surface area contributed by atoms with E-state index in [1.807, 2.05) is 13.8 Å². The molecule has 0 spiro atoms. The highest BCUT2D eigenvalue weighted by atomic mass is 35.5. The smallest absolute Gasteiger partial charge is 0.198 e. The van der Waals surface area contributed by atoms with Gasteiger partial charge >= 0.3 is 0 Å². The molecule has 2 N–H and O–H groups in total. The molecule has 0 saturated heterocycles. The Morgan fingerprint density at radius 1 is 1.17 bits per heavy atom. The molecule has 5 heteroatoms. The van der Waals surface area contributed by atoms with Crippen LogP contribution in [-0.4, -0.2) is 19.5 Å². The molecule has 0 unspecified atom stereocenters. The van der Waals surface area contributed by atoms with E-state index in [0.717, 1.165) is 5.56 Å². The molecule has 0 atom stereocenters. The van der Waals surface area contributed by atoms with E-state index < -0.39 is 6.29 Å². The van der Waals surface area contributed by atoms with Crippen molar-refractivity contribution in [3.8, 4) is 0 Å². The fourth-order valence-corrected chi connectivity index (χ4v) is 2.01. The van der Waals surface area contributed by atoms with Gasteiger partial charge in [-0.15, -0.1) is 0 Å². The summed E-state index contributed by atoms with van der Waals surface area (Å²) in [5, 5.41) is 1.12. The molecule has 0 aromatic heterocycles. The molecule has 0 aliphatic rings. The van der Waals surface area contributed by atoms with Crippen LogP contribution >= 0.6 is 23.2 Å². The summed E-state index contributed by atoms with van der Waals surface area (Å²) in [4.78, 5) is 0. The van der Waals surface area contributed by atoms with Gasteiger partial charge in [-0.25, -0.2) is 0 Å². The van der Waals surface area contributed by atoms with Gasteiger partial charge in [-0.1, -0.05) is 23.2 Å². The molecule has 0 bridgehead atoms. The molecule has 0 fully saturated rings. The second kappa shape index (κ2) is 7.64. The molecule has 0 amide bonds. The first-order chi connectivity index (χ1) is 8.56. The Labute approximate surface area is 117 Å². The highest BCUT2D eigenvalue weighted by molar-refractivity contribution is 6.34. The lowest BCUT2D eigenvalue weighted by molar-refractivity contribution is -0.111. The number of rotatable bonds is 6. The van der Waals surface area contributed by atoms with Crippen LogP contribution in [0.15, 0.2) is 23.9 Å². The van der Waals surface area contributed by atoms with Gasteiger partial charge in [0.15, 0.2) is 6.29 Å². The fourth-order valence-electron chi connectivity index (χ4n) is 1.46. The van der Waals surface area contributed by atoms with Gasteiger partial charge in [0.1, 0.15) is 0 Å². The Balaban J connectivity index is 2.91.